The number of hydrogen-bond donors (Lipinski definition) is 3. The van der Waals surface area contributed by atoms with E-state index in [-0.39, 0.29) is 36.8 Å². The fraction of sp³-hybridized carbons (Fsp3) is 0.476. The van der Waals surface area contributed by atoms with Crippen molar-refractivity contribution in [2.75, 3.05) is 13.7 Å². The summed E-state index contributed by atoms with van der Waals surface area (Å²) >= 11 is 5.21. The van der Waals surface area contributed by atoms with Gasteiger partial charge in [0.15, 0.2) is 5.78 Å². The third-order valence-corrected chi connectivity index (χ3v) is 5.01. The second-order valence-corrected chi connectivity index (χ2v) is 8.32. The van der Waals surface area contributed by atoms with Gasteiger partial charge in [-0.15, -0.1) is 0 Å². The smallest absolute Gasteiger partial charge is 0.291 e. The molecule has 0 aliphatic heterocycles. The van der Waals surface area contributed by atoms with Crippen molar-refractivity contribution >= 4 is 46.0 Å². The molecule has 2 aromatic heterocycles. The summed E-state index contributed by atoms with van der Waals surface area (Å²) in [4.78, 5) is 55.9. The van der Waals surface area contributed by atoms with E-state index in [4.69, 9.17) is 22.1 Å². The van der Waals surface area contributed by atoms with E-state index in [0.717, 1.165) is 5.39 Å². The normalized spacial score (nSPS) is 12.9. The van der Waals surface area contributed by atoms with Crippen LogP contribution in [0.5, 0.6) is 5.88 Å². The highest BCUT2D eigenvalue weighted by Gasteiger charge is 2.29. The number of nitrogens with one attached hydrogen (secondary N) is 2. The number of ether oxygens (including phenoxy) is 1. The molecule has 4 N–H and O–H groups in total. The van der Waals surface area contributed by atoms with Crippen molar-refractivity contribution in [3.63, 3.8) is 0 Å². The van der Waals surface area contributed by atoms with Crippen LogP contribution >= 0.6 is 11.6 Å². The van der Waals surface area contributed by atoms with E-state index in [2.05, 4.69) is 15.4 Å². The first-order valence-electron chi connectivity index (χ1n) is 10.3. The Kier molecular flexibility index (Phi) is 9.15. The molecule has 1 unspecified atom stereocenters. The zero-order chi connectivity index (χ0) is 24.7. The van der Waals surface area contributed by atoms with Crippen LogP contribution in [0.3, 0.4) is 0 Å². The molecule has 0 saturated heterocycles. The number of fused-ring (bicyclic) bond motifs is 1. The lowest BCUT2D eigenvalue weighted by molar-refractivity contribution is -0.145. The third kappa shape index (κ3) is 7.41. The zero-order valence-corrected chi connectivity index (χ0v) is 19.3. The van der Waals surface area contributed by atoms with Gasteiger partial charge in [-0.25, -0.2) is 14.4 Å². The number of carbonyl (C=O) groups is 4. The molecule has 0 spiro atoms. The minimum absolute atomic E-state index is 0.0430. The van der Waals surface area contributed by atoms with Gasteiger partial charge in [-0.05, 0) is 18.4 Å². The lowest BCUT2D eigenvalue weighted by Crippen LogP contribution is -2.51. The summed E-state index contributed by atoms with van der Waals surface area (Å²) in [5.41, 5.74) is 5.86. The maximum Gasteiger partial charge on any atom is 0.291 e. The molecule has 180 valence electrons. The Morgan fingerprint density at radius 1 is 1.30 bits per heavy atom. The molecule has 0 aliphatic rings. The Balaban J connectivity index is 2.19. The first-order chi connectivity index (χ1) is 15.5. The van der Waals surface area contributed by atoms with Crippen LogP contribution in [0.4, 0.5) is 4.39 Å². The number of methoxy groups -OCH3 is 1. The number of aromatic amines is 1. The van der Waals surface area contributed by atoms with Crippen molar-refractivity contribution in [1.82, 2.24) is 20.4 Å². The van der Waals surface area contributed by atoms with Gasteiger partial charge in [0, 0.05) is 30.2 Å². The Bertz CT molecular complexity index is 1030. The standard InChI is InChI=1S/C21H27ClFN5O5/c1-11(2)6-13(20(31)27-28(5-4-17(24)30)21(32)19(22)23)8-16(29)14-7-12-9-18(33-3)25-10-15(12)26-14/h7,9-11,13,19,26H,4-6,8H2,1-3H3,(H2,24,30)(H,27,31)/t13-,19?/m1/s1. The SMILES string of the molecule is COc1cc2cc(C(=O)C[C@@H](CC(C)C)C(=O)NN(CCC(N)=O)C(=O)C(F)Cl)[nH]c2cn1. The van der Waals surface area contributed by atoms with Crippen LogP contribution in [0, 0.1) is 11.8 Å². The summed E-state index contributed by atoms with van der Waals surface area (Å²) in [6, 6.07) is 3.30. The van der Waals surface area contributed by atoms with Crippen LogP contribution in [-0.2, 0) is 14.4 Å². The van der Waals surface area contributed by atoms with Crippen LogP contribution in [0.15, 0.2) is 18.3 Å². The predicted molar refractivity (Wildman–Crippen MR) is 119 cm³/mol. The van der Waals surface area contributed by atoms with Crippen LogP contribution in [-0.4, -0.2) is 57.8 Å². The van der Waals surface area contributed by atoms with Gasteiger partial charge < -0.3 is 15.5 Å². The highest BCUT2D eigenvalue weighted by atomic mass is 35.5. The summed E-state index contributed by atoms with van der Waals surface area (Å²) in [6.45, 7) is 3.39. The van der Waals surface area contributed by atoms with Gasteiger partial charge in [0.1, 0.15) is 0 Å². The van der Waals surface area contributed by atoms with Gasteiger partial charge in [-0.3, -0.25) is 24.6 Å². The lowest BCUT2D eigenvalue weighted by Gasteiger charge is -2.26. The molecule has 10 nitrogen and oxygen atoms in total. The van der Waals surface area contributed by atoms with Crippen molar-refractivity contribution < 1.29 is 28.3 Å². The quantitative estimate of drug-likeness (QED) is 0.253. The minimum atomic E-state index is -2.42. The number of hydrazine groups is 1. The molecule has 3 amide bonds. The number of aromatic nitrogens is 2. The van der Waals surface area contributed by atoms with E-state index in [1.54, 1.807) is 12.1 Å². The van der Waals surface area contributed by atoms with Crippen molar-refractivity contribution in [2.45, 2.75) is 38.7 Å². The molecular formula is C21H27ClFN5O5. The summed E-state index contributed by atoms with van der Waals surface area (Å²) in [7, 11) is 1.48. The number of Topliss-reactive ketones (excluding diaryl/α,β-unsaturated/α-hetero) is 1. The van der Waals surface area contributed by atoms with Crippen molar-refractivity contribution in [3.8, 4) is 5.88 Å². The number of rotatable bonds is 11. The van der Waals surface area contributed by atoms with Crippen LogP contribution in [0.1, 0.15) is 43.6 Å². The van der Waals surface area contributed by atoms with Gasteiger partial charge in [0.2, 0.25) is 17.7 Å². The summed E-state index contributed by atoms with van der Waals surface area (Å²) in [6.07, 6.45) is 1.38. The number of hydrogen-bond acceptors (Lipinski definition) is 6. The summed E-state index contributed by atoms with van der Waals surface area (Å²) in [5.74, 6) is -3.38. The monoisotopic (exact) mass is 483 g/mol. The summed E-state index contributed by atoms with van der Waals surface area (Å²) < 4.78 is 18.4. The van der Waals surface area contributed by atoms with Gasteiger partial charge >= 0.3 is 0 Å². The number of nitrogens with two attached hydrogens (primary N) is 1. The minimum Gasteiger partial charge on any atom is -0.481 e. The molecular weight excluding hydrogens is 457 g/mol. The second kappa shape index (κ2) is 11.6. The van der Waals surface area contributed by atoms with E-state index in [9.17, 15) is 23.6 Å². The van der Waals surface area contributed by atoms with E-state index in [0.29, 0.717) is 22.8 Å². The zero-order valence-electron chi connectivity index (χ0n) is 18.6. The van der Waals surface area contributed by atoms with E-state index < -0.39 is 29.3 Å². The van der Waals surface area contributed by atoms with Crippen LogP contribution < -0.4 is 15.9 Å². The first kappa shape index (κ1) is 26.0. The molecule has 2 atom stereocenters. The number of H-pyrrole nitrogens is 1. The molecule has 2 heterocycles. The number of carbonyl (C=O) groups excluding carboxylic acids is 4. The lowest BCUT2D eigenvalue weighted by atomic mass is 9.91. The van der Waals surface area contributed by atoms with E-state index in [1.807, 2.05) is 13.8 Å². The Morgan fingerprint density at radius 3 is 2.58 bits per heavy atom. The van der Waals surface area contributed by atoms with Crippen molar-refractivity contribution in [2.24, 2.45) is 17.6 Å². The maximum absolute atomic E-state index is 13.4. The fourth-order valence-electron chi connectivity index (χ4n) is 3.24. The van der Waals surface area contributed by atoms with Crippen molar-refractivity contribution in [3.05, 3.63) is 24.0 Å². The molecule has 33 heavy (non-hydrogen) atoms. The molecule has 12 heteroatoms. The van der Waals surface area contributed by atoms with E-state index in [1.165, 1.54) is 13.3 Å². The molecule has 0 bridgehead atoms. The number of alkyl halides is 2. The Hall–Kier alpha value is -3.21. The number of pyridine rings is 1. The number of ketones is 1. The number of amides is 3. The van der Waals surface area contributed by atoms with Crippen molar-refractivity contribution in [1.29, 1.82) is 0 Å². The number of halogens is 2. The van der Waals surface area contributed by atoms with Gasteiger partial charge in [-0.2, -0.15) is 0 Å². The van der Waals surface area contributed by atoms with Crippen LogP contribution in [0.25, 0.3) is 10.9 Å². The summed E-state index contributed by atoms with van der Waals surface area (Å²) in [5, 5.41) is 1.33. The average molecular weight is 484 g/mol. The topological polar surface area (TPSA) is 147 Å². The highest BCUT2D eigenvalue weighted by Crippen LogP contribution is 2.23. The molecule has 0 aromatic carbocycles. The van der Waals surface area contributed by atoms with E-state index >= 15 is 0 Å². The Labute approximate surface area is 194 Å². The number of nitrogens with zero attached hydrogens (tertiary/aromatic N) is 2. The molecule has 0 radical (unpaired) electrons. The first-order valence-corrected chi connectivity index (χ1v) is 10.7. The fourth-order valence-corrected chi connectivity index (χ4v) is 3.36. The molecule has 2 aromatic rings. The average Bonchev–Trinajstić information content (AvgIpc) is 3.18. The Morgan fingerprint density at radius 2 is 2.00 bits per heavy atom. The largest absolute Gasteiger partial charge is 0.481 e. The van der Waals surface area contributed by atoms with Gasteiger partial charge in [0.25, 0.3) is 11.5 Å². The maximum atomic E-state index is 13.4. The highest BCUT2D eigenvalue weighted by molar-refractivity contribution is 6.29. The molecule has 0 saturated carbocycles. The van der Waals surface area contributed by atoms with Crippen LogP contribution in [0.2, 0.25) is 0 Å². The third-order valence-electron chi connectivity index (χ3n) is 4.83. The molecule has 0 fully saturated rings. The molecule has 2 rings (SSSR count). The van der Waals surface area contributed by atoms with Gasteiger partial charge in [-0.1, -0.05) is 25.4 Å². The second-order valence-electron chi connectivity index (χ2n) is 7.93. The number of primary amides is 1. The van der Waals surface area contributed by atoms with Gasteiger partial charge in [0.05, 0.1) is 31.1 Å². The molecule has 0 aliphatic carbocycles. The predicted octanol–water partition coefficient (Wildman–Crippen LogP) is 2.08.